The Balaban J connectivity index is 1.26. The lowest BCUT2D eigenvalue weighted by Crippen LogP contribution is -2.46. The molecule has 0 radical (unpaired) electrons. The molecule has 0 N–H and O–H groups in total. The van der Waals surface area contributed by atoms with Crippen LogP contribution >= 0.6 is 0 Å². The van der Waals surface area contributed by atoms with Crippen LogP contribution in [0.5, 0.6) is 0 Å². The maximum absolute atomic E-state index is 5.43. The highest BCUT2D eigenvalue weighted by molar-refractivity contribution is 5.79. The summed E-state index contributed by atoms with van der Waals surface area (Å²) in [4.78, 5) is 14.3. The average molecular weight is 349 g/mol. The van der Waals surface area contributed by atoms with Crippen LogP contribution in [0.15, 0.2) is 34.9 Å². The van der Waals surface area contributed by atoms with Crippen molar-refractivity contribution in [3.8, 4) is 0 Å². The Labute approximate surface area is 152 Å². The third-order valence-corrected chi connectivity index (χ3v) is 5.32. The van der Waals surface area contributed by atoms with Gasteiger partial charge in [-0.3, -0.25) is 4.90 Å². The third kappa shape index (κ3) is 3.05. The molecule has 0 atom stereocenters. The largest absolute Gasteiger partial charge is 0.356 e. The molecule has 5 rings (SSSR count). The molecule has 1 saturated carbocycles. The maximum atomic E-state index is 5.43. The van der Waals surface area contributed by atoms with Crippen molar-refractivity contribution in [2.24, 2.45) is 0 Å². The summed E-state index contributed by atoms with van der Waals surface area (Å²) in [5, 5.41) is 5.39. The number of piperazine rings is 1. The van der Waals surface area contributed by atoms with E-state index in [1.165, 1.54) is 12.8 Å². The number of aromatic nitrogens is 3. The standard InChI is InChI=1S/C20H23N5O/c1-14-12-19(22-20(21-14)15-6-7-15)25-10-8-24(9-11-25)13-17-16-4-2-3-5-18(16)26-23-17/h2-5,12,15H,6-11,13H2,1H3. The molecular formula is C20H23N5O. The van der Waals surface area contributed by atoms with Crippen LogP contribution in [0.3, 0.4) is 0 Å². The van der Waals surface area contributed by atoms with E-state index in [0.29, 0.717) is 5.92 Å². The number of benzene rings is 1. The minimum absolute atomic E-state index is 0.593. The first-order valence-corrected chi connectivity index (χ1v) is 9.42. The lowest BCUT2D eigenvalue weighted by molar-refractivity contribution is 0.243. The molecule has 0 bridgehead atoms. The van der Waals surface area contributed by atoms with Crippen LogP contribution in [0.1, 0.15) is 36.0 Å². The smallest absolute Gasteiger partial charge is 0.167 e. The van der Waals surface area contributed by atoms with Gasteiger partial charge >= 0.3 is 0 Å². The van der Waals surface area contributed by atoms with Gasteiger partial charge in [-0.2, -0.15) is 0 Å². The molecular weight excluding hydrogens is 326 g/mol. The van der Waals surface area contributed by atoms with Crippen LogP contribution in [-0.4, -0.2) is 46.2 Å². The van der Waals surface area contributed by atoms with Crippen molar-refractivity contribution in [1.29, 1.82) is 0 Å². The van der Waals surface area contributed by atoms with Crippen molar-refractivity contribution in [1.82, 2.24) is 20.0 Å². The van der Waals surface area contributed by atoms with Crippen molar-refractivity contribution in [3.63, 3.8) is 0 Å². The number of rotatable bonds is 4. The molecule has 3 heterocycles. The highest BCUT2D eigenvalue weighted by Crippen LogP contribution is 2.38. The van der Waals surface area contributed by atoms with Crippen molar-refractivity contribution < 1.29 is 4.52 Å². The normalized spacial score (nSPS) is 18.6. The van der Waals surface area contributed by atoms with E-state index in [0.717, 1.165) is 66.7 Å². The molecule has 2 fully saturated rings. The number of hydrogen-bond acceptors (Lipinski definition) is 6. The Bertz CT molecular complexity index is 925. The zero-order valence-electron chi connectivity index (χ0n) is 15.1. The Morgan fingerprint density at radius 2 is 1.88 bits per heavy atom. The second-order valence-corrected chi connectivity index (χ2v) is 7.39. The number of aryl methyl sites for hydroxylation is 1. The molecule has 0 spiro atoms. The first kappa shape index (κ1) is 15.8. The predicted octanol–water partition coefficient (Wildman–Crippen LogP) is 3.13. The van der Waals surface area contributed by atoms with Crippen molar-refractivity contribution in [2.75, 3.05) is 31.1 Å². The van der Waals surface area contributed by atoms with Gasteiger partial charge in [0, 0.05) is 55.8 Å². The molecule has 1 saturated heterocycles. The molecule has 2 aromatic heterocycles. The fourth-order valence-corrected chi connectivity index (χ4v) is 3.66. The van der Waals surface area contributed by atoms with Gasteiger partial charge in [-0.1, -0.05) is 17.3 Å². The molecule has 1 aliphatic carbocycles. The number of fused-ring (bicyclic) bond motifs is 1. The van der Waals surface area contributed by atoms with Crippen molar-refractivity contribution in [2.45, 2.75) is 32.2 Å². The highest BCUT2D eigenvalue weighted by Gasteiger charge is 2.28. The topological polar surface area (TPSA) is 58.3 Å². The summed E-state index contributed by atoms with van der Waals surface area (Å²) in [6.07, 6.45) is 2.48. The van der Waals surface area contributed by atoms with Gasteiger partial charge < -0.3 is 9.42 Å². The summed E-state index contributed by atoms with van der Waals surface area (Å²) in [5.41, 5.74) is 2.97. The summed E-state index contributed by atoms with van der Waals surface area (Å²) in [6.45, 7) is 6.88. The Morgan fingerprint density at radius 1 is 1.08 bits per heavy atom. The Kier molecular flexibility index (Phi) is 3.85. The van der Waals surface area contributed by atoms with E-state index in [1.54, 1.807) is 0 Å². The van der Waals surface area contributed by atoms with Gasteiger partial charge in [0.05, 0.1) is 0 Å². The first-order chi connectivity index (χ1) is 12.8. The Hall–Kier alpha value is -2.47. The minimum atomic E-state index is 0.593. The van der Waals surface area contributed by atoms with Gasteiger partial charge in [0.1, 0.15) is 17.3 Å². The lowest BCUT2D eigenvalue weighted by atomic mass is 10.2. The molecule has 2 aliphatic rings. The minimum Gasteiger partial charge on any atom is -0.356 e. The van der Waals surface area contributed by atoms with Crippen LogP contribution in [0, 0.1) is 6.92 Å². The van der Waals surface area contributed by atoms with E-state index in [2.05, 4.69) is 39.0 Å². The summed E-state index contributed by atoms with van der Waals surface area (Å²) in [7, 11) is 0. The first-order valence-electron chi connectivity index (χ1n) is 9.42. The quantitative estimate of drug-likeness (QED) is 0.721. The fourth-order valence-electron chi connectivity index (χ4n) is 3.66. The number of nitrogens with zero attached hydrogens (tertiary/aromatic N) is 5. The molecule has 0 amide bonds. The molecule has 6 heteroatoms. The molecule has 3 aromatic rings. The van der Waals surface area contributed by atoms with Crippen LogP contribution in [0.25, 0.3) is 11.0 Å². The van der Waals surface area contributed by atoms with E-state index in [9.17, 15) is 0 Å². The molecule has 0 unspecified atom stereocenters. The van der Waals surface area contributed by atoms with Gasteiger partial charge in [0.15, 0.2) is 5.58 Å². The molecule has 1 aromatic carbocycles. The molecule has 26 heavy (non-hydrogen) atoms. The van der Waals surface area contributed by atoms with E-state index in [-0.39, 0.29) is 0 Å². The van der Waals surface area contributed by atoms with Crippen LogP contribution in [-0.2, 0) is 6.54 Å². The van der Waals surface area contributed by atoms with E-state index in [4.69, 9.17) is 9.51 Å². The van der Waals surface area contributed by atoms with Gasteiger partial charge in [-0.05, 0) is 31.9 Å². The van der Waals surface area contributed by atoms with E-state index < -0.39 is 0 Å². The van der Waals surface area contributed by atoms with Gasteiger partial charge in [-0.25, -0.2) is 9.97 Å². The summed E-state index contributed by atoms with van der Waals surface area (Å²) in [6, 6.07) is 10.2. The summed E-state index contributed by atoms with van der Waals surface area (Å²) >= 11 is 0. The monoisotopic (exact) mass is 349 g/mol. The average Bonchev–Trinajstić information content (AvgIpc) is 3.44. The van der Waals surface area contributed by atoms with Crippen molar-refractivity contribution in [3.05, 3.63) is 47.5 Å². The second-order valence-electron chi connectivity index (χ2n) is 7.39. The van der Waals surface area contributed by atoms with Gasteiger partial charge in [0.2, 0.25) is 0 Å². The molecule has 1 aliphatic heterocycles. The van der Waals surface area contributed by atoms with E-state index in [1.807, 2.05) is 18.2 Å². The van der Waals surface area contributed by atoms with E-state index >= 15 is 0 Å². The summed E-state index contributed by atoms with van der Waals surface area (Å²) in [5.74, 6) is 2.72. The maximum Gasteiger partial charge on any atom is 0.167 e. The highest BCUT2D eigenvalue weighted by atomic mass is 16.5. The SMILES string of the molecule is Cc1cc(N2CCN(Cc3noc4ccccc34)CC2)nc(C2CC2)n1. The third-order valence-electron chi connectivity index (χ3n) is 5.32. The van der Waals surface area contributed by atoms with Crippen molar-refractivity contribution >= 4 is 16.8 Å². The van der Waals surface area contributed by atoms with Crippen LogP contribution in [0.4, 0.5) is 5.82 Å². The fraction of sp³-hybridized carbons (Fsp3) is 0.450. The number of para-hydroxylation sites is 1. The number of hydrogen-bond donors (Lipinski definition) is 0. The molecule has 6 nitrogen and oxygen atoms in total. The molecule has 134 valence electrons. The van der Waals surface area contributed by atoms with Gasteiger partial charge in [0.25, 0.3) is 0 Å². The summed E-state index contributed by atoms with van der Waals surface area (Å²) < 4.78 is 5.43. The number of anilines is 1. The Morgan fingerprint density at radius 3 is 2.69 bits per heavy atom. The van der Waals surface area contributed by atoms with Gasteiger partial charge in [-0.15, -0.1) is 0 Å². The van der Waals surface area contributed by atoms with Crippen LogP contribution in [0.2, 0.25) is 0 Å². The zero-order chi connectivity index (χ0) is 17.5. The lowest BCUT2D eigenvalue weighted by Gasteiger charge is -2.35. The zero-order valence-corrected chi connectivity index (χ0v) is 15.1. The predicted molar refractivity (Wildman–Crippen MR) is 100 cm³/mol. The second kappa shape index (κ2) is 6.36. The van der Waals surface area contributed by atoms with Crippen LogP contribution < -0.4 is 4.90 Å².